The first-order valence-corrected chi connectivity index (χ1v) is 21.4. The van der Waals surface area contributed by atoms with Crippen molar-refractivity contribution >= 4 is 43.2 Å². The Bertz CT molecular complexity index is 1760. The second-order valence-corrected chi connectivity index (χ2v) is 21.3. The number of hydrogen-bond acceptors (Lipinski definition) is 6. The maximum Gasteiger partial charge on any atom is 0.264 e. The van der Waals surface area contributed by atoms with E-state index in [0.29, 0.717) is 31.9 Å². The van der Waals surface area contributed by atoms with Crippen molar-refractivity contribution in [3.63, 3.8) is 0 Å². The fourth-order valence-electron chi connectivity index (χ4n) is 7.64. The summed E-state index contributed by atoms with van der Waals surface area (Å²) in [6, 6.07) is 11.4. The number of carbonyl (C=O) groups excluding carboxylic acids is 1. The highest BCUT2D eigenvalue weighted by atomic mass is 35.5. The largest absolute Gasteiger partial charge is 0.490 e. The molecular formula is C37H47ClN2O5S2. The summed E-state index contributed by atoms with van der Waals surface area (Å²) in [5.74, 6) is 3.06. The van der Waals surface area contributed by atoms with Gasteiger partial charge in [-0.3, -0.25) is 4.79 Å². The molecule has 1 saturated carbocycles. The highest BCUT2D eigenvalue weighted by Gasteiger charge is 2.48. The minimum Gasteiger partial charge on any atom is -0.490 e. The summed E-state index contributed by atoms with van der Waals surface area (Å²) in [6.07, 6.45) is 15.1. The SMILES string of the molecule is C[C@@H]1[C@@H](C)C/C=C/[C@@](O)(C#CS(C)(C)C)[C@@H]2CC[C@H]2CN2C[C@@]3(CCCc4cc(Cl)ccc43)COc3ccc(cc32)C(=O)NS1(=O)=O. The van der Waals surface area contributed by atoms with Gasteiger partial charge >= 0.3 is 0 Å². The molecule has 2 aliphatic heterocycles. The van der Waals surface area contributed by atoms with Crippen molar-refractivity contribution in [1.82, 2.24) is 4.72 Å². The molecule has 2 aliphatic carbocycles. The molecular weight excluding hydrogens is 652 g/mol. The molecule has 0 aromatic heterocycles. The van der Waals surface area contributed by atoms with Crippen LogP contribution in [-0.4, -0.2) is 68.7 Å². The molecule has 2 heterocycles. The number of allylic oxidation sites excluding steroid dienone is 1. The topological polar surface area (TPSA) is 95.9 Å². The molecule has 2 bridgehead atoms. The van der Waals surface area contributed by atoms with Crippen molar-refractivity contribution in [2.24, 2.45) is 17.8 Å². The molecule has 2 aromatic rings. The van der Waals surface area contributed by atoms with Gasteiger partial charge in [0, 0.05) is 35.0 Å². The van der Waals surface area contributed by atoms with Gasteiger partial charge in [0.1, 0.15) is 11.4 Å². The number of hydrogen-bond donors (Lipinski definition) is 2. The molecule has 1 amide bonds. The molecule has 254 valence electrons. The number of sulfonamides is 1. The number of nitrogens with one attached hydrogen (secondary N) is 1. The third-order valence-electron chi connectivity index (χ3n) is 10.7. The van der Waals surface area contributed by atoms with E-state index in [0.717, 1.165) is 42.8 Å². The van der Waals surface area contributed by atoms with Gasteiger partial charge in [-0.15, -0.1) is 0 Å². The molecule has 10 heteroatoms. The molecule has 4 aliphatic rings. The summed E-state index contributed by atoms with van der Waals surface area (Å²) in [5.41, 5.74) is 1.86. The first-order valence-electron chi connectivity index (χ1n) is 16.6. The van der Waals surface area contributed by atoms with Crippen molar-refractivity contribution < 1.29 is 23.1 Å². The van der Waals surface area contributed by atoms with Crippen LogP contribution in [0.3, 0.4) is 0 Å². The van der Waals surface area contributed by atoms with Crippen LogP contribution in [0.15, 0.2) is 48.6 Å². The van der Waals surface area contributed by atoms with Crippen molar-refractivity contribution in [3.05, 3.63) is 70.3 Å². The zero-order valence-corrected chi connectivity index (χ0v) is 30.4. The highest BCUT2D eigenvalue weighted by Crippen LogP contribution is 2.48. The molecule has 0 unspecified atom stereocenters. The second-order valence-electron chi connectivity index (χ2n) is 14.9. The number of aryl methyl sites for hydroxylation is 1. The Balaban J connectivity index is 1.47. The molecule has 0 radical (unpaired) electrons. The van der Waals surface area contributed by atoms with Crippen LogP contribution in [-0.2, 0) is 21.9 Å². The smallest absolute Gasteiger partial charge is 0.264 e. The van der Waals surface area contributed by atoms with E-state index in [4.69, 9.17) is 16.3 Å². The van der Waals surface area contributed by atoms with E-state index >= 15 is 0 Å². The summed E-state index contributed by atoms with van der Waals surface area (Å²) in [5, 5.41) is 15.5. The normalized spacial score (nSPS) is 33.0. The maximum atomic E-state index is 13.5. The van der Waals surface area contributed by atoms with Gasteiger partial charge in [0.25, 0.3) is 5.91 Å². The predicted molar refractivity (Wildman–Crippen MR) is 193 cm³/mol. The average Bonchev–Trinajstić information content (AvgIpc) is 3.13. The number of aliphatic hydroxyl groups is 1. The van der Waals surface area contributed by atoms with Crippen molar-refractivity contribution in [3.8, 4) is 16.9 Å². The van der Waals surface area contributed by atoms with Crippen LogP contribution < -0.4 is 14.4 Å². The quantitative estimate of drug-likeness (QED) is 0.249. The van der Waals surface area contributed by atoms with Gasteiger partial charge in [-0.1, -0.05) is 41.8 Å². The molecule has 6 rings (SSSR count). The first-order chi connectivity index (χ1) is 22.1. The Morgan fingerprint density at radius 2 is 1.91 bits per heavy atom. The summed E-state index contributed by atoms with van der Waals surface area (Å²) in [7, 11) is -5.18. The lowest BCUT2D eigenvalue weighted by molar-refractivity contribution is -0.00313. The molecule has 1 spiro atoms. The predicted octanol–water partition coefficient (Wildman–Crippen LogP) is 6.27. The van der Waals surface area contributed by atoms with E-state index in [2.05, 4.69) is 51.7 Å². The van der Waals surface area contributed by atoms with Gasteiger partial charge in [-0.2, -0.15) is 10.0 Å². The number of fused-ring (bicyclic) bond motifs is 4. The monoisotopic (exact) mass is 698 g/mol. The Labute approximate surface area is 286 Å². The number of halogens is 1. The zero-order valence-electron chi connectivity index (χ0n) is 28.0. The van der Waals surface area contributed by atoms with E-state index in [9.17, 15) is 18.3 Å². The number of nitrogens with zero attached hydrogens (tertiary/aromatic N) is 1. The summed E-state index contributed by atoms with van der Waals surface area (Å²) < 4.78 is 35.7. The van der Waals surface area contributed by atoms with Gasteiger partial charge in [-0.05, 0) is 124 Å². The Morgan fingerprint density at radius 1 is 1.13 bits per heavy atom. The van der Waals surface area contributed by atoms with Gasteiger partial charge in [0.15, 0.2) is 0 Å². The highest BCUT2D eigenvalue weighted by molar-refractivity contribution is 8.35. The van der Waals surface area contributed by atoms with Crippen LogP contribution in [0.25, 0.3) is 0 Å². The molecule has 1 fully saturated rings. The molecule has 0 saturated heterocycles. The number of ether oxygens (including phenoxy) is 1. The lowest BCUT2D eigenvalue weighted by atomic mass is 9.64. The van der Waals surface area contributed by atoms with Crippen molar-refractivity contribution in [1.29, 1.82) is 0 Å². The molecule has 6 atom stereocenters. The van der Waals surface area contributed by atoms with Gasteiger partial charge in [0.05, 0.1) is 17.5 Å². The number of benzene rings is 2. The third kappa shape index (κ3) is 6.94. The van der Waals surface area contributed by atoms with Crippen LogP contribution in [0.5, 0.6) is 5.75 Å². The van der Waals surface area contributed by atoms with E-state index in [1.165, 1.54) is 11.1 Å². The van der Waals surface area contributed by atoms with Crippen LogP contribution in [0.2, 0.25) is 5.02 Å². The minimum absolute atomic E-state index is 0.0927. The van der Waals surface area contributed by atoms with Crippen molar-refractivity contribution in [2.45, 2.75) is 68.6 Å². The van der Waals surface area contributed by atoms with Gasteiger partial charge in [-0.25, -0.2) is 13.1 Å². The molecule has 7 nitrogen and oxygen atoms in total. The van der Waals surface area contributed by atoms with Crippen molar-refractivity contribution in [2.75, 3.05) is 43.4 Å². The Hall–Kier alpha value is -2.64. The molecule has 47 heavy (non-hydrogen) atoms. The lowest BCUT2D eigenvalue weighted by Crippen LogP contribution is -2.52. The maximum absolute atomic E-state index is 13.5. The zero-order chi connectivity index (χ0) is 33.8. The summed E-state index contributed by atoms with van der Waals surface area (Å²) in [4.78, 5) is 15.8. The van der Waals surface area contributed by atoms with Crippen LogP contribution >= 0.6 is 21.6 Å². The van der Waals surface area contributed by atoms with E-state index in [-0.39, 0.29) is 28.7 Å². The standard InChI is InChI=1S/C37H47ClN2O5S2/c1-25-8-6-17-37(42,18-19-46(3,4)5)32-13-10-29(32)22-40-23-36(16-7-9-27-20-30(38)12-14-31(27)36)24-45-34-15-11-28(21-33(34)40)35(41)39-47(43,44)26(25)2/h6,11-12,14-15,17,20-21,25-26,29,32,42H,7-10,13,16,22-24H2,1-5H3,(H,39,41)/b17-6+/t25-,26+,29-,32+,36-,37+/m0/s1. The Kier molecular flexibility index (Phi) is 9.23. The first kappa shape index (κ1) is 34.2. The summed E-state index contributed by atoms with van der Waals surface area (Å²) >= 11 is 6.43. The number of carbonyl (C=O) groups is 1. The number of rotatable bonds is 0. The van der Waals surface area contributed by atoms with E-state index < -0.39 is 36.8 Å². The Morgan fingerprint density at radius 3 is 2.64 bits per heavy atom. The lowest BCUT2D eigenvalue weighted by Gasteiger charge is -2.47. The molecule has 2 aromatic carbocycles. The fourth-order valence-corrected chi connectivity index (χ4v) is 9.59. The number of amides is 1. The minimum atomic E-state index is -3.98. The van der Waals surface area contributed by atoms with E-state index in [1.807, 2.05) is 25.1 Å². The molecule has 2 N–H and O–H groups in total. The van der Waals surface area contributed by atoms with Crippen LogP contribution in [0, 0.1) is 28.9 Å². The average molecular weight is 699 g/mol. The summed E-state index contributed by atoms with van der Waals surface area (Å²) in [6.45, 7) is 5.24. The fraction of sp³-hybridized carbons (Fsp3) is 0.541. The number of anilines is 1. The van der Waals surface area contributed by atoms with Crippen LogP contribution in [0.1, 0.15) is 67.4 Å². The van der Waals surface area contributed by atoms with E-state index in [1.54, 1.807) is 25.1 Å². The third-order valence-corrected chi connectivity index (χ3v) is 13.6. The van der Waals surface area contributed by atoms with Crippen LogP contribution in [0.4, 0.5) is 5.69 Å². The van der Waals surface area contributed by atoms with Gasteiger partial charge in [0.2, 0.25) is 10.0 Å². The second kappa shape index (κ2) is 12.7. The van der Waals surface area contributed by atoms with Gasteiger partial charge < -0.3 is 14.7 Å².